The Balaban J connectivity index is 1.86. The van der Waals surface area contributed by atoms with E-state index >= 15 is 0 Å². The summed E-state index contributed by atoms with van der Waals surface area (Å²) in [6, 6.07) is 12.6. The van der Waals surface area contributed by atoms with Gasteiger partial charge in [0.25, 0.3) is 0 Å². The highest BCUT2D eigenvalue weighted by Gasteiger charge is 2.23. The Hall–Kier alpha value is -1.91. The standard InChI is InChI=1S/C17H19FN2O/c1-11-3-2-4-15(16(11)18)17(20-19)12-5-7-13(8-6-12)21-14-9-10-14/h2-8,14,17,20H,9-10,19H2,1H3. The zero-order valence-electron chi connectivity index (χ0n) is 12.0. The second-order valence-electron chi connectivity index (χ2n) is 5.46. The summed E-state index contributed by atoms with van der Waals surface area (Å²) in [5, 5.41) is 0. The van der Waals surface area contributed by atoms with E-state index in [4.69, 9.17) is 10.6 Å². The van der Waals surface area contributed by atoms with Crippen molar-refractivity contribution in [2.24, 2.45) is 5.84 Å². The highest BCUT2D eigenvalue weighted by Crippen LogP contribution is 2.29. The molecule has 0 heterocycles. The minimum absolute atomic E-state index is 0.223. The Labute approximate surface area is 123 Å². The van der Waals surface area contributed by atoms with Crippen molar-refractivity contribution in [2.45, 2.75) is 31.9 Å². The van der Waals surface area contributed by atoms with Crippen molar-refractivity contribution >= 4 is 0 Å². The topological polar surface area (TPSA) is 47.3 Å². The molecule has 0 radical (unpaired) electrons. The number of halogens is 1. The van der Waals surface area contributed by atoms with Gasteiger partial charge in [0.05, 0.1) is 12.1 Å². The summed E-state index contributed by atoms with van der Waals surface area (Å²) in [4.78, 5) is 0. The Bertz CT molecular complexity index is 623. The molecule has 3 N–H and O–H groups in total. The van der Waals surface area contributed by atoms with Gasteiger partial charge in [0.1, 0.15) is 11.6 Å². The predicted octanol–water partition coefficient (Wildman–Crippen LogP) is 3.23. The van der Waals surface area contributed by atoms with Crippen LogP contribution in [0.2, 0.25) is 0 Å². The van der Waals surface area contributed by atoms with Gasteiger partial charge in [-0.05, 0) is 43.0 Å². The molecule has 1 fully saturated rings. The van der Waals surface area contributed by atoms with Crippen molar-refractivity contribution in [3.63, 3.8) is 0 Å². The third kappa shape index (κ3) is 3.06. The maximum Gasteiger partial charge on any atom is 0.131 e. The summed E-state index contributed by atoms with van der Waals surface area (Å²) in [6.07, 6.45) is 2.63. The molecule has 4 heteroatoms. The van der Waals surface area contributed by atoms with E-state index in [9.17, 15) is 4.39 Å². The summed E-state index contributed by atoms with van der Waals surface area (Å²) >= 11 is 0. The fraction of sp³-hybridized carbons (Fsp3) is 0.294. The zero-order chi connectivity index (χ0) is 14.8. The molecular formula is C17H19FN2O. The Morgan fingerprint density at radius 1 is 1.19 bits per heavy atom. The van der Waals surface area contributed by atoms with Crippen LogP contribution in [0, 0.1) is 12.7 Å². The molecule has 1 atom stereocenters. The first kappa shape index (κ1) is 14.0. The molecule has 2 aromatic carbocycles. The number of rotatable bonds is 5. The average molecular weight is 286 g/mol. The molecule has 0 aromatic heterocycles. The summed E-state index contributed by atoms with van der Waals surface area (Å²) < 4.78 is 20.0. The maximum atomic E-state index is 14.3. The Morgan fingerprint density at radius 3 is 2.52 bits per heavy atom. The molecule has 2 aromatic rings. The number of hydrogen-bond acceptors (Lipinski definition) is 3. The van der Waals surface area contributed by atoms with Gasteiger partial charge in [-0.15, -0.1) is 0 Å². The highest BCUT2D eigenvalue weighted by molar-refractivity contribution is 5.37. The maximum absolute atomic E-state index is 14.3. The molecule has 0 saturated heterocycles. The van der Waals surface area contributed by atoms with E-state index < -0.39 is 0 Å². The molecule has 1 aliphatic rings. The molecule has 0 bridgehead atoms. The van der Waals surface area contributed by atoms with Gasteiger partial charge >= 0.3 is 0 Å². The zero-order valence-corrected chi connectivity index (χ0v) is 12.0. The Kier molecular flexibility index (Phi) is 3.90. The minimum atomic E-state index is -0.375. The van der Waals surface area contributed by atoms with Crippen molar-refractivity contribution in [3.05, 3.63) is 65.0 Å². The number of nitrogens with one attached hydrogen (secondary N) is 1. The van der Waals surface area contributed by atoms with Gasteiger partial charge in [-0.2, -0.15) is 0 Å². The van der Waals surface area contributed by atoms with Crippen LogP contribution in [0.15, 0.2) is 42.5 Å². The molecule has 3 rings (SSSR count). The summed E-state index contributed by atoms with van der Waals surface area (Å²) in [6.45, 7) is 1.75. The molecule has 1 saturated carbocycles. The largest absolute Gasteiger partial charge is 0.490 e. The first-order valence-corrected chi connectivity index (χ1v) is 7.17. The normalized spacial score (nSPS) is 15.8. The van der Waals surface area contributed by atoms with E-state index in [2.05, 4.69) is 5.43 Å². The van der Waals surface area contributed by atoms with E-state index in [1.54, 1.807) is 19.1 Å². The third-order valence-electron chi connectivity index (χ3n) is 3.74. The second-order valence-corrected chi connectivity index (χ2v) is 5.46. The number of ether oxygens (including phenoxy) is 1. The third-order valence-corrected chi connectivity index (χ3v) is 3.74. The van der Waals surface area contributed by atoms with Crippen LogP contribution in [0.25, 0.3) is 0 Å². The van der Waals surface area contributed by atoms with Crippen LogP contribution >= 0.6 is 0 Å². The van der Waals surface area contributed by atoms with Gasteiger partial charge in [-0.1, -0.05) is 30.3 Å². The van der Waals surface area contributed by atoms with Crippen molar-refractivity contribution in [3.8, 4) is 5.75 Å². The van der Waals surface area contributed by atoms with Crippen LogP contribution in [0.1, 0.15) is 35.6 Å². The van der Waals surface area contributed by atoms with Crippen molar-refractivity contribution in [1.29, 1.82) is 0 Å². The molecule has 3 nitrogen and oxygen atoms in total. The number of hydrazine groups is 1. The lowest BCUT2D eigenvalue weighted by molar-refractivity contribution is 0.303. The average Bonchev–Trinajstić information content (AvgIpc) is 3.30. The Morgan fingerprint density at radius 2 is 1.90 bits per heavy atom. The minimum Gasteiger partial charge on any atom is -0.490 e. The van der Waals surface area contributed by atoms with Crippen LogP contribution in [0.3, 0.4) is 0 Å². The molecule has 1 unspecified atom stereocenters. The van der Waals surface area contributed by atoms with E-state index in [0.29, 0.717) is 17.2 Å². The van der Waals surface area contributed by atoms with Crippen LogP contribution in [0.4, 0.5) is 4.39 Å². The lowest BCUT2D eigenvalue weighted by Crippen LogP contribution is -2.29. The fourth-order valence-electron chi connectivity index (χ4n) is 2.38. The predicted molar refractivity (Wildman–Crippen MR) is 80.4 cm³/mol. The molecule has 0 aliphatic heterocycles. The van der Waals surface area contributed by atoms with Gasteiger partial charge in [0.2, 0.25) is 0 Å². The second kappa shape index (κ2) is 5.84. The first-order chi connectivity index (χ1) is 10.2. The van der Waals surface area contributed by atoms with E-state index in [1.807, 2.05) is 30.3 Å². The molecule has 1 aliphatic carbocycles. The lowest BCUT2D eigenvalue weighted by Gasteiger charge is -2.19. The molecule has 0 spiro atoms. The number of aryl methyl sites for hydroxylation is 1. The SMILES string of the molecule is Cc1cccc(C(NN)c2ccc(OC3CC3)cc2)c1F. The van der Waals surface area contributed by atoms with Crippen molar-refractivity contribution < 1.29 is 9.13 Å². The van der Waals surface area contributed by atoms with Gasteiger partial charge in [0, 0.05) is 5.56 Å². The molecule has 21 heavy (non-hydrogen) atoms. The van der Waals surface area contributed by atoms with E-state index in [-0.39, 0.29) is 11.9 Å². The van der Waals surface area contributed by atoms with Crippen molar-refractivity contribution in [1.82, 2.24) is 5.43 Å². The molecule has 0 amide bonds. The number of nitrogens with two attached hydrogens (primary N) is 1. The highest BCUT2D eigenvalue weighted by atomic mass is 19.1. The summed E-state index contributed by atoms with van der Waals surface area (Å²) in [7, 11) is 0. The van der Waals surface area contributed by atoms with Crippen LogP contribution in [-0.4, -0.2) is 6.10 Å². The van der Waals surface area contributed by atoms with Gasteiger partial charge in [-0.25, -0.2) is 9.82 Å². The van der Waals surface area contributed by atoms with Crippen molar-refractivity contribution in [2.75, 3.05) is 0 Å². The first-order valence-electron chi connectivity index (χ1n) is 7.17. The monoisotopic (exact) mass is 286 g/mol. The van der Waals surface area contributed by atoms with Crippen LogP contribution in [-0.2, 0) is 0 Å². The number of benzene rings is 2. The molecule has 110 valence electrons. The van der Waals surface area contributed by atoms with Crippen LogP contribution < -0.4 is 16.0 Å². The van der Waals surface area contributed by atoms with Gasteiger partial charge in [-0.3, -0.25) is 5.84 Å². The summed E-state index contributed by atoms with van der Waals surface area (Å²) in [5.74, 6) is 6.26. The van der Waals surface area contributed by atoms with Crippen LogP contribution in [0.5, 0.6) is 5.75 Å². The van der Waals surface area contributed by atoms with E-state index in [1.165, 1.54) is 0 Å². The smallest absolute Gasteiger partial charge is 0.131 e. The molecular weight excluding hydrogens is 267 g/mol. The van der Waals surface area contributed by atoms with E-state index in [0.717, 1.165) is 24.2 Å². The lowest BCUT2D eigenvalue weighted by atomic mass is 9.97. The van der Waals surface area contributed by atoms with Gasteiger partial charge in [0.15, 0.2) is 0 Å². The number of hydrogen-bond donors (Lipinski definition) is 2. The fourth-order valence-corrected chi connectivity index (χ4v) is 2.38. The van der Waals surface area contributed by atoms with Gasteiger partial charge < -0.3 is 4.74 Å². The quantitative estimate of drug-likeness (QED) is 0.655. The summed E-state index contributed by atoms with van der Waals surface area (Å²) in [5.41, 5.74) is 4.76.